The molecule has 2 fully saturated rings. The molecule has 2 heterocycles. The molecule has 2 saturated heterocycles. The second kappa shape index (κ2) is 38.2. The Hall–Kier alpha value is -3.85. The molecular weight excluding hydrogens is 1310 g/mol. The van der Waals surface area contributed by atoms with Crippen molar-refractivity contribution in [1.29, 1.82) is 0 Å². The molecule has 6 aromatic rings. The van der Waals surface area contributed by atoms with Crippen LogP contribution in [0.3, 0.4) is 0 Å². The van der Waals surface area contributed by atoms with Crippen molar-refractivity contribution in [2.75, 3.05) is 63.0 Å². The summed E-state index contributed by atoms with van der Waals surface area (Å²) in [4.78, 5) is 9.36. The van der Waals surface area contributed by atoms with Crippen LogP contribution in [-0.4, -0.2) is 82.6 Å². The van der Waals surface area contributed by atoms with Crippen LogP contribution in [0.1, 0.15) is 172 Å². The van der Waals surface area contributed by atoms with E-state index in [1.54, 1.807) is 0 Å². The largest absolute Gasteiger partial charge is 4.00 e. The predicted octanol–water partition coefficient (Wildman–Crippen LogP) is 12.5. The number of nitrogens with zero attached hydrogens (tertiary/aromatic N) is 4. The smallest absolute Gasteiger partial charge is 0.873 e. The van der Waals surface area contributed by atoms with E-state index >= 15 is 0 Å². The van der Waals surface area contributed by atoms with Gasteiger partial charge in [-0.2, -0.15) is 0 Å². The van der Waals surface area contributed by atoms with Gasteiger partial charge < -0.3 is 40.9 Å². The van der Waals surface area contributed by atoms with Gasteiger partial charge in [-0.05, 0) is 110 Å². The van der Waals surface area contributed by atoms with Crippen molar-refractivity contribution in [3.8, 4) is 46.0 Å². The van der Waals surface area contributed by atoms with Crippen molar-refractivity contribution in [3.63, 3.8) is 0 Å². The third kappa shape index (κ3) is 27.0. The van der Waals surface area contributed by atoms with E-state index in [9.17, 15) is 40.9 Å². The van der Waals surface area contributed by atoms with Crippen LogP contribution in [0.25, 0.3) is 0 Å². The van der Waals surface area contributed by atoms with Crippen molar-refractivity contribution in [2.45, 2.75) is 186 Å². The number of aryl methyl sites for hydroxylation is 8. The first-order valence-corrected chi connectivity index (χ1v) is 33.0. The van der Waals surface area contributed by atoms with E-state index in [-0.39, 0.29) is 110 Å². The molecule has 0 unspecified atom stereocenters. The first kappa shape index (κ1) is 86.2. The first-order chi connectivity index (χ1) is 41.6. The van der Waals surface area contributed by atoms with Gasteiger partial charge in [0.15, 0.2) is 0 Å². The summed E-state index contributed by atoms with van der Waals surface area (Å²) in [6, 6.07) is 22.6. The van der Waals surface area contributed by atoms with Crippen molar-refractivity contribution < 1.29 is 84.3 Å². The maximum absolute atomic E-state index is 12.3. The summed E-state index contributed by atoms with van der Waals surface area (Å²) in [7, 11) is 0. The molecule has 6 aromatic carbocycles. The second-order valence-corrected chi connectivity index (χ2v) is 29.9. The predicted molar refractivity (Wildman–Crippen MR) is 361 cm³/mol. The fourth-order valence-corrected chi connectivity index (χ4v) is 11.0. The third-order valence-corrected chi connectivity index (χ3v) is 15.9. The van der Waals surface area contributed by atoms with Crippen LogP contribution >= 0.6 is 46.4 Å². The van der Waals surface area contributed by atoms with E-state index in [2.05, 4.69) is 19.6 Å². The monoisotopic (exact) mass is 1410 g/mol. The van der Waals surface area contributed by atoms with E-state index in [0.717, 1.165) is 130 Å². The fraction of sp³-hybridized carbons (Fsp3) is 0.514. The van der Waals surface area contributed by atoms with E-state index in [4.69, 9.17) is 46.4 Å². The summed E-state index contributed by atoms with van der Waals surface area (Å²) in [5.74, 6) is -0.822. The number of halogens is 4. The molecule has 2 aliphatic heterocycles. The van der Waals surface area contributed by atoms with Gasteiger partial charge in [0.25, 0.3) is 0 Å². The summed E-state index contributed by atoms with van der Waals surface area (Å²) in [5, 5.41) is 96.6. The van der Waals surface area contributed by atoms with Gasteiger partial charge in [0.1, 0.15) is 0 Å². The molecule has 12 nitrogen and oxygen atoms in total. The standard InChI is InChI=1S/2C22H30N2O2.2C14H22O2.2CH2Cl2.2Ti/c2*1-15-9-17(3)21(25)19(11-15)13-23-5-7-24(8-6-23)14-20-12-16(2)10-18(4)22(20)26;2*1-13(2,3)9-7-10(14(4,5)6)12(16)11(15)8-9;2*2-1-3;;/h2*9-12,25-26H,5-8,13-14H2,1-4H3;2*7-8,15-16H,1-6H3;2*1H2;;/q;;;;;;2*+4/p-8. The molecule has 18 heteroatoms. The van der Waals surface area contributed by atoms with Gasteiger partial charge in [0, 0.05) is 78.5 Å². The van der Waals surface area contributed by atoms with Gasteiger partial charge in [-0.1, -0.05) is 212 Å². The van der Waals surface area contributed by atoms with Crippen molar-refractivity contribution in [3.05, 3.63) is 162 Å². The molecular formula is C74H100Cl4N4O8Ti2. The summed E-state index contributed by atoms with van der Waals surface area (Å²) in [6.45, 7) is 49.9. The molecule has 0 amide bonds. The zero-order chi connectivity index (χ0) is 68.6. The molecule has 0 radical (unpaired) electrons. The number of benzene rings is 6. The zero-order valence-electron chi connectivity index (χ0n) is 58.4. The molecule has 0 spiro atoms. The summed E-state index contributed by atoms with van der Waals surface area (Å²) < 4.78 is 0. The zero-order valence-corrected chi connectivity index (χ0v) is 64.5. The van der Waals surface area contributed by atoms with Gasteiger partial charge in [-0.3, -0.25) is 19.6 Å². The molecule has 500 valence electrons. The Bertz CT molecular complexity index is 2930. The summed E-state index contributed by atoms with van der Waals surface area (Å²) in [5.41, 5.74) is 13.8. The minimum atomic E-state index is -0.391. The Labute approximate surface area is 602 Å². The van der Waals surface area contributed by atoms with Crippen LogP contribution in [0.5, 0.6) is 46.0 Å². The summed E-state index contributed by atoms with van der Waals surface area (Å²) >= 11 is 19.1. The first-order valence-electron chi connectivity index (χ1n) is 30.8. The topological polar surface area (TPSA) is 197 Å². The minimum Gasteiger partial charge on any atom is -0.873 e. The third-order valence-electron chi connectivity index (χ3n) is 15.9. The molecule has 0 N–H and O–H groups in total. The van der Waals surface area contributed by atoms with Gasteiger partial charge in [0.05, 0.1) is 10.7 Å². The van der Waals surface area contributed by atoms with Crippen molar-refractivity contribution >= 4 is 46.4 Å². The molecule has 0 aromatic heterocycles. The molecule has 0 atom stereocenters. The fourth-order valence-electron chi connectivity index (χ4n) is 11.0. The maximum atomic E-state index is 12.3. The number of hydrogen-bond acceptors (Lipinski definition) is 12. The van der Waals surface area contributed by atoms with Crippen LogP contribution < -0.4 is 40.9 Å². The number of hydrogen-bond donors (Lipinski definition) is 0. The number of piperazine rings is 2. The molecule has 2 aliphatic rings. The Morgan fingerprint density at radius 1 is 0.293 bits per heavy atom. The van der Waals surface area contributed by atoms with Crippen LogP contribution in [0, 0.1) is 55.4 Å². The Morgan fingerprint density at radius 2 is 0.478 bits per heavy atom. The second-order valence-electron chi connectivity index (χ2n) is 28.3. The van der Waals surface area contributed by atoms with Crippen LogP contribution in [0.4, 0.5) is 0 Å². The van der Waals surface area contributed by atoms with Crippen LogP contribution in [0.2, 0.25) is 0 Å². The van der Waals surface area contributed by atoms with Crippen molar-refractivity contribution in [2.24, 2.45) is 0 Å². The number of rotatable bonds is 8. The Morgan fingerprint density at radius 3 is 0.641 bits per heavy atom. The van der Waals surface area contributed by atoms with Crippen LogP contribution in [0.15, 0.2) is 72.8 Å². The quantitative estimate of drug-likeness (QED) is 0.103. The summed E-state index contributed by atoms with van der Waals surface area (Å²) in [6.07, 6.45) is 0. The Kier molecular flexibility index (Phi) is 35.8. The number of alkyl halides is 4. The average molecular weight is 1410 g/mol. The van der Waals surface area contributed by atoms with E-state index < -0.39 is 11.5 Å². The molecule has 92 heavy (non-hydrogen) atoms. The van der Waals surface area contributed by atoms with Crippen LogP contribution in [-0.2, 0) is 91.3 Å². The SMILES string of the molecule is CC(C)(C)c1cc([O-])c([O-])c(C(C)(C)C)c1.CC(C)(C)c1cc([O-])c([O-])c(C(C)(C)C)c1.Cc1cc(C)c([O-])c(CN2CCN(Cc3cc(C)cc(C)c3[O-])CC2)c1.Cc1cc(C)c([O-])c(CN2CCN(Cc3cc(C)cc(C)c3[O-])CC2)c1.ClCCl.ClCCl.[Ti+4].[Ti+4]. The van der Waals surface area contributed by atoms with E-state index in [0.29, 0.717) is 37.3 Å². The van der Waals surface area contributed by atoms with Gasteiger partial charge in [0.2, 0.25) is 0 Å². The molecule has 8 rings (SSSR count). The van der Waals surface area contributed by atoms with Crippen molar-refractivity contribution in [1.82, 2.24) is 19.6 Å². The van der Waals surface area contributed by atoms with E-state index in [1.807, 2.05) is 199 Å². The van der Waals surface area contributed by atoms with Gasteiger partial charge in [-0.25, -0.2) is 0 Å². The Balaban J connectivity index is 0.000000605. The molecule has 0 bridgehead atoms. The van der Waals surface area contributed by atoms with Gasteiger partial charge in [-0.15, -0.1) is 92.4 Å². The normalized spacial score (nSPS) is 14.0. The molecule has 0 saturated carbocycles. The van der Waals surface area contributed by atoms with E-state index in [1.165, 1.54) is 12.1 Å². The average Bonchev–Trinajstić information content (AvgIpc) is 0.866. The molecule has 0 aliphatic carbocycles. The minimum absolute atomic E-state index is 0. The van der Waals surface area contributed by atoms with Gasteiger partial charge >= 0.3 is 43.4 Å². The maximum Gasteiger partial charge on any atom is 4.00 e.